The fraction of sp³-hybridized carbons (Fsp3) is 0.278. The normalized spacial score (nSPS) is 16.4. The van der Waals surface area contributed by atoms with Crippen molar-refractivity contribution in [1.82, 2.24) is 15.2 Å². The van der Waals surface area contributed by atoms with Crippen LogP contribution in [0.5, 0.6) is 0 Å². The minimum atomic E-state index is -0.230. The van der Waals surface area contributed by atoms with E-state index in [0.717, 1.165) is 35.1 Å². The minimum Gasteiger partial charge on any atom is -0.354 e. The van der Waals surface area contributed by atoms with Gasteiger partial charge in [0, 0.05) is 37.0 Å². The first-order valence-corrected chi connectivity index (χ1v) is 7.80. The monoisotopic (exact) mass is 307 g/mol. The predicted octanol–water partition coefficient (Wildman–Crippen LogP) is 2.23. The second-order valence-corrected chi connectivity index (χ2v) is 6.01. The van der Waals surface area contributed by atoms with Crippen LogP contribution in [0.2, 0.25) is 0 Å². The second-order valence-electron chi connectivity index (χ2n) is 6.01. The van der Waals surface area contributed by atoms with Gasteiger partial charge < -0.3 is 10.2 Å². The van der Waals surface area contributed by atoms with Crippen LogP contribution in [0.3, 0.4) is 0 Å². The number of pyridine rings is 1. The number of amides is 2. The van der Waals surface area contributed by atoms with E-state index in [-0.39, 0.29) is 11.8 Å². The van der Waals surface area contributed by atoms with Crippen LogP contribution in [0.15, 0.2) is 36.5 Å². The lowest BCUT2D eigenvalue weighted by atomic mass is 9.99. The molecule has 0 bridgehead atoms. The van der Waals surface area contributed by atoms with E-state index >= 15 is 0 Å². The van der Waals surface area contributed by atoms with E-state index in [1.807, 2.05) is 29.2 Å². The van der Waals surface area contributed by atoms with E-state index in [2.05, 4.69) is 10.3 Å². The third-order valence-electron chi connectivity index (χ3n) is 4.49. The van der Waals surface area contributed by atoms with E-state index in [0.29, 0.717) is 18.3 Å². The molecule has 0 spiro atoms. The summed E-state index contributed by atoms with van der Waals surface area (Å²) in [4.78, 5) is 30.7. The molecule has 2 aromatic rings. The highest BCUT2D eigenvalue weighted by Gasteiger charge is 2.38. The van der Waals surface area contributed by atoms with Crippen molar-refractivity contribution < 1.29 is 9.59 Å². The molecule has 2 amide bonds. The molecule has 1 fully saturated rings. The lowest BCUT2D eigenvalue weighted by Crippen LogP contribution is -2.25. The van der Waals surface area contributed by atoms with Gasteiger partial charge in [0.25, 0.3) is 11.8 Å². The number of carbonyl (C=O) groups is 2. The van der Waals surface area contributed by atoms with Gasteiger partial charge in [-0.15, -0.1) is 0 Å². The summed E-state index contributed by atoms with van der Waals surface area (Å²) in [6.45, 7) is 0.703. The Bertz CT molecular complexity index is 812. The van der Waals surface area contributed by atoms with Crippen molar-refractivity contribution >= 4 is 11.8 Å². The highest BCUT2D eigenvalue weighted by Crippen LogP contribution is 2.36. The third-order valence-corrected chi connectivity index (χ3v) is 4.49. The molecule has 0 radical (unpaired) electrons. The van der Waals surface area contributed by atoms with E-state index in [4.69, 9.17) is 0 Å². The highest BCUT2D eigenvalue weighted by atomic mass is 16.2. The predicted molar refractivity (Wildman–Crippen MR) is 86.0 cm³/mol. The van der Waals surface area contributed by atoms with Crippen molar-refractivity contribution in [3.63, 3.8) is 0 Å². The van der Waals surface area contributed by atoms with E-state index in [1.54, 1.807) is 19.3 Å². The molecule has 1 aromatic carbocycles. The zero-order chi connectivity index (χ0) is 16.0. The van der Waals surface area contributed by atoms with Gasteiger partial charge in [0.1, 0.15) is 5.69 Å². The van der Waals surface area contributed by atoms with Gasteiger partial charge in [-0.1, -0.05) is 18.2 Å². The largest absolute Gasteiger partial charge is 0.354 e. The summed E-state index contributed by atoms with van der Waals surface area (Å²) in [6, 6.07) is 9.92. The molecular formula is C18H17N3O2. The SMILES string of the molecule is CNC(=O)c1ncccc1-c1ccc2c(c1)C(=O)N(C1CC1)C2. The maximum absolute atomic E-state index is 12.6. The third kappa shape index (κ3) is 2.29. The number of nitrogens with zero attached hydrogens (tertiary/aromatic N) is 2. The molecule has 1 aromatic heterocycles. The molecule has 0 saturated heterocycles. The summed E-state index contributed by atoms with van der Waals surface area (Å²) >= 11 is 0. The number of aromatic nitrogens is 1. The molecule has 4 rings (SSSR count). The minimum absolute atomic E-state index is 0.106. The van der Waals surface area contributed by atoms with E-state index in [9.17, 15) is 9.59 Å². The fourth-order valence-electron chi connectivity index (χ4n) is 3.11. The molecular weight excluding hydrogens is 290 g/mol. The molecule has 0 atom stereocenters. The van der Waals surface area contributed by atoms with Gasteiger partial charge in [0.15, 0.2) is 0 Å². The van der Waals surface area contributed by atoms with Gasteiger partial charge >= 0.3 is 0 Å². The number of carbonyl (C=O) groups excluding carboxylic acids is 2. The Kier molecular flexibility index (Phi) is 3.15. The van der Waals surface area contributed by atoms with E-state index < -0.39 is 0 Å². The first kappa shape index (κ1) is 13.9. The average molecular weight is 307 g/mol. The molecule has 2 heterocycles. The average Bonchev–Trinajstić information content (AvgIpc) is 3.38. The van der Waals surface area contributed by atoms with Crippen LogP contribution in [-0.2, 0) is 6.54 Å². The Hall–Kier alpha value is -2.69. The van der Waals surface area contributed by atoms with Crippen LogP contribution in [-0.4, -0.2) is 34.8 Å². The van der Waals surface area contributed by atoms with Crippen LogP contribution in [0, 0.1) is 0 Å². The van der Waals surface area contributed by atoms with Crippen molar-refractivity contribution in [1.29, 1.82) is 0 Å². The number of benzene rings is 1. The first-order chi connectivity index (χ1) is 11.2. The van der Waals surface area contributed by atoms with Crippen molar-refractivity contribution in [3.05, 3.63) is 53.3 Å². The number of hydrogen-bond donors (Lipinski definition) is 1. The standard InChI is InChI=1S/C18H17N3O2/c1-19-17(22)16-14(3-2-8-20-16)11-4-5-12-10-21(13-6-7-13)18(23)15(12)9-11/h2-5,8-9,13H,6-7,10H2,1H3,(H,19,22). The topological polar surface area (TPSA) is 62.3 Å². The number of nitrogens with one attached hydrogen (secondary N) is 1. The number of rotatable bonds is 3. The van der Waals surface area contributed by atoms with Gasteiger partial charge in [0.2, 0.25) is 0 Å². The second kappa shape index (κ2) is 5.19. The Balaban J connectivity index is 1.76. The molecule has 1 aliphatic heterocycles. The number of hydrogen-bond acceptors (Lipinski definition) is 3. The first-order valence-electron chi connectivity index (χ1n) is 7.80. The zero-order valence-electron chi connectivity index (χ0n) is 12.9. The summed E-state index contributed by atoms with van der Waals surface area (Å²) in [5.74, 6) is -0.123. The fourth-order valence-corrected chi connectivity index (χ4v) is 3.11. The van der Waals surface area contributed by atoms with Gasteiger partial charge in [-0.25, -0.2) is 0 Å². The zero-order valence-corrected chi connectivity index (χ0v) is 12.9. The summed E-state index contributed by atoms with van der Waals surface area (Å²) < 4.78 is 0. The maximum Gasteiger partial charge on any atom is 0.270 e. The Morgan fingerprint density at radius 2 is 2.09 bits per heavy atom. The molecule has 5 heteroatoms. The summed E-state index contributed by atoms with van der Waals surface area (Å²) in [5, 5.41) is 2.61. The quantitative estimate of drug-likeness (QED) is 0.946. The summed E-state index contributed by atoms with van der Waals surface area (Å²) in [7, 11) is 1.58. The van der Waals surface area contributed by atoms with Gasteiger partial charge in [-0.05, 0) is 36.1 Å². The smallest absolute Gasteiger partial charge is 0.270 e. The maximum atomic E-state index is 12.6. The molecule has 0 unspecified atom stereocenters. The van der Waals surface area contributed by atoms with Crippen LogP contribution in [0.1, 0.15) is 39.3 Å². The Morgan fingerprint density at radius 1 is 1.26 bits per heavy atom. The molecule has 5 nitrogen and oxygen atoms in total. The molecule has 1 aliphatic carbocycles. The Morgan fingerprint density at radius 3 is 2.83 bits per heavy atom. The van der Waals surface area contributed by atoms with Crippen LogP contribution in [0.25, 0.3) is 11.1 Å². The van der Waals surface area contributed by atoms with Gasteiger partial charge in [0.05, 0.1) is 0 Å². The van der Waals surface area contributed by atoms with Crippen LogP contribution in [0.4, 0.5) is 0 Å². The number of fused-ring (bicyclic) bond motifs is 1. The summed E-state index contributed by atoms with van der Waals surface area (Å²) in [5.41, 5.74) is 3.78. The lowest BCUT2D eigenvalue weighted by molar-refractivity contribution is 0.0766. The van der Waals surface area contributed by atoms with Crippen molar-refractivity contribution in [2.45, 2.75) is 25.4 Å². The molecule has 2 aliphatic rings. The molecule has 1 saturated carbocycles. The highest BCUT2D eigenvalue weighted by molar-refractivity contribution is 6.02. The molecule has 23 heavy (non-hydrogen) atoms. The van der Waals surface area contributed by atoms with Crippen molar-refractivity contribution in [3.8, 4) is 11.1 Å². The van der Waals surface area contributed by atoms with E-state index in [1.165, 1.54) is 0 Å². The molecule has 1 N–H and O–H groups in total. The Labute approximate surface area is 134 Å². The lowest BCUT2D eigenvalue weighted by Gasteiger charge is -2.13. The molecule has 116 valence electrons. The van der Waals surface area contributed by atoms with Crippen molar-refractivity contribution in [2.24, 2.45) is 0 Å². The van der Waals surface area contributed by atoms with Gasteiger partial charge in [-0.2, -0.15) is 0 Å². The van der Waals surface area contributed by atoms with Crippen molar-refractivity contribution in [2.75, 3.05) is 7.05 Å². The van der Waals surface area contributed by atoms with Crippen LogP contribution < -0.4 is 5.32 Å². The summed E-state index contributed by atoms with van der Waals surface area (Å²) in [6.07, 6.45) is 3.81. The van der Waals surface area contributed by atoms with Gasteiger partial charge in [-0.3, -0.25) is 14.6 Å². The van der Waals surface area contributed by atoms with Crippen LogP contribution >= 0.6 is 0 Å².